The molecule has 0 unspecified atom stereocenters. The van der Waals surface area contributed by atoms with Crippen LogP contribution in [0.5, 0.6) is 0 Å². The van der Waals surface area contributed by atoms with Gasteiger partial charge in [0.1, 0.15) is 19.2 Å². The Morgan fingerprint density at radius 1 is 0.917 bits per heavy atom. The Morgan fingerprint density at radius 2 is 1.62 bits per heavy atom. The van der Waals surface area contributed by atoms with Crippen molar-refractivity contribution >= 4 is 42.0 Å². The molecule has 0 bridgehead atoms. The lowest BCUT2D eigenvalue weighted by atomic mass is 9.93. The number of rotatable bonds is 13. The molecule has 4 rings (SSSR count). The first-order valence-electron chi connectivity index (χ1n) is 17.1. The van der Waals surface area contributed by atoms with Crippen LogP contribution < -0.4 is 20.8 Å². The summed E-state index contributed by atoms with van der Waals surface area (Å²) >= 11 is 0. The van der Waals surface area contributed by atoms with Crippen LogP contribution in [0, 0.1) is 5.92 Å². The average Bonchev–Trinajstić information content (AvgIpc) is 3.46. The number of carbonyl (C=O) groups is 4. The molecule has 3 amide bonds. The predicted octanol–water partition coefficient (Wildman–Crippen LogP) is 3.23. The number of piperidine rings is 1. The average molecular weight is 690 g/mol. The number of hydrogen-bond donors (Lipinski definition) is 3. The van der Waals surface area contributed by atoms with Gasteiger partial charge >= 0.3 is 7.60 Å². The molecule has 1 aromatic heterocycles. The number of para-hydroxylation sites is 1. The molecule has 2 aliphatic heterocycles. The first kappa shape index (κ1) is 37.6. The van der Waals surface area contributed by atoms with Crippen LogP contribution in [-0.2, 0) is 39.2 Å². The molecule has 0 spiro atoms. The molecular weight excluding hydrogens is 637 g/mol. The van der Waals surface area contributed by atoms with E-state index in [0.717, 1.165) is 29.3 Å². The van der Waals surface area contributed by atoms with Gasteiger partial charge in [0.05, 0.1) is 30.3 Å². The van der Waals surface area contributed by atoms with Gasteiger partial charge in [-0.25, -0.2) is 0 Å². The molecule has 2 saturated heterocycles. The van der Waals surface area contributed by atoms with E-state index in [2.05, 4.69) is 16.0 Å². The second kappa shape index (κ2) is 17.4. The Balaban J connectivity index is 1.65. The molecule has 0 radical (unpaired) electrons. The van der Waals surface area contributed by atoms with Crippen molar-refractivity contribution in [3.05, 3.63) is 36.0 Å². The van der Waals surface area contributed by atoms with Gasteiger partial charge in [0, 0.05) is 32.2 Å². The molecule has 0 aliphatic carbocycles. The van der Waals surface area contributed by atoms with Gasteiger partial charge in [-0.15, -0.1) is 0 Å². The number of unbranched alkanes of at least 4 members (excludes halogenated alkanes) is 2. The van der Waals surface area contributed by atoms with Crippen molar-refractivity contribution in [2.75, 3.05) is 40.6 Å². The standard InChI is InChI=1S/C34H52N5O8P/c1-6-23(2)31-30(40)22-38-18-12-11-17-29(38)34(43)35-26(15-8-7-13-19-48(44,46-4)47-5)32(41)36-27(33(42)37-31)20-24-21-39(45-3)28-16-10-9-14-25(24)28/h9-10,14,16,21,23,26-27,29,31H,6-8,11-13,15,17-20,22H2,1-5H3,(H,35,43)(H,36,41)(H,37,42)/t23-,26-,27-,29+,31-/m0/s1. The zero-order valence-corrected chi connectivity index (χ0v) is 29.8. The van der Waals surface area contributed by atoms with Crippen molar-refractivity contribution < 1.29 is 37.6 Å². The first-order chi connectivity index (χ1) is 23.0. The molecule has 0 saturated carbocycles. The largest absolute Gasteiger partial charge is 0.417 e. The summed E-state index contributed by atoms with van der Waals surface area (Å²) in [7, 11) is 1.10. The molecule has 5 atom stereocenters. The number of nitrogens with one attached hydrogen (secondary N) is 3. The number of Topliss-reactive ketones (excluding diaryl/α,β-unsaturated/α-hetero) is 1. The summed E-state index contributed by atoms with van der Waals surface area (Å²) in [4.78, 5) is 63.2. The number of nitrogens with zero attached hydrogens (tertiary/aromatic N) is 2. The Hall–Kier alpha value is -3.25. The van der Waals surface area contributed by atoms with Gasteiger partial charge in [-0.1, -0.05) is 57.7 Å². The number of aromatic nitrogens is 1. The molecule has 14 heteroatoms. The normalized spacial score (nSPS) is 24.0. The highest BCUT2D eigenvalue weighted by atomic mass is 31.2. The minimum atomic E-state index is -3.15. The first-order valence-corrected chi connectivity index (χ1v) is 18.8. The second-order valence-corrected chi connectivity index (χ2v) is 15.3. The molecule has 3 N–H and O–H groups in total. The fraction of sp³-hybridized carbons (Fsp3) is 0.647. The van der Waals surface area contributed by atoms with E-state index in [-0.39, 0.29) is 36.7 Å². The Morgan fingerprint density at radius 3 is 2.33 bits per heavy atom. The Labute approximate surface area is 283 Å². The number of benzene rings is 1. The summed E-state index contributed by atoms with van der Waals surface area (Å²) < 4.78 is 24.2. The summed E-state index contributed by atoms with van der Waals surface area (Å²) in [5, 5.41) is 9.77. The van der Waals surface area contributed by atoms with E-state index in [0.29, 0.717) is 45.1 Å². The van der Waals surface area contributed by atoms with Crippen molar-refractivity contribution in [3.63, 3.8) is 0 Å². The second-order valence-electron chi connectivity index (χ2n) is 12.9. The molecule has 13 nitrogen and oxygen atoms in total. The zero-order valence-electron chi connectivity index (χ0n) is 28.9. The highest BCUT2D eigenvalue weighted by Gasteiger charge is 2.38. The van der Waals surface area contributed by atoms with Crippen LogP contribution in [0.2, 0.25) is 0 Å². The minimum absolute atomic E-state index is 0.0322. The monoisotopic (exact) mass is 689 g/mol. The zero-order chi connectivity index (χ0) is 34.8. The highest BCUT2D eigenvalue weighted by Crippen LogP contribution is 2.47. The van der Waals surface area contributed by atoms with Crippen LogP contribution >= 0.6 is 7.60 Å². The molecule has 2 fully saturated rings. The quantitative estimate of drug-likeness (QED) is 0.212. The summed E-state index contributed by atoms with van der Waals surface area (Å²) in [6, 6.07) is 4.32. The number of amides is 3. The van der Waals surface area contributed by atoms with E-state index in [1.54, 1.807) is 18.0 Å². The lowest BCUT2D eigenvalue weighted by Gasteiger charge is -2.36. The highest BCUT2D eigenvalue weighted by molar-refractivity contribution is 7.53. The number of ketones is 1. The van der Waals surface area contributed by atoms with Crippen molar-refractivity contribution in [2.45, 2.75) is 95.8 Å². The van der Waals surface area contributed by atoms with Crippen LogP contribution in [0.25, 0.3) is 10.9 Å². The van der Waals surface area contributed by atoms with E-state index in [1.807, 2.05) is 43.0 Å². The van der Waals surface area contributed by atoms with Gasteiger partial charge in [0.15, 0.2) is 5.78 Å². The van der Waals surface area contributed by atoms with Crippen LogP contribution in [0.4, 0.5) is 0 Å². The van der Waals surface area contributed by atoms with Crippen LogP contribution in [-0.4, -0.2) is 97.9 Å². The Kier molecular flexibility index (Phi) is 13.6. The topological polar surface area (TPSA) is 157 Å². The predicted molar refractivity (Wildman–Crippen MR) is 183 cm³/mol. The van der Waals surface area contributed by atoms with Crippen molar-refractivity contribution in [3.8, 4) is 0 Å². The third-order valence-corrected chi connectivity index (χ3v) is 11.7. The summed E-state index contributed by atoms with van der Waals surface area (Å²) in [6.45, 7) is 4.50. The Bertz CT molecular complexity index is 1470. The third-order valence-electron chi connectivity index (χ3n) is 9.76. The van der Waals surface area contributed by atoms with Gasteiger partial charge in [-0.3, -0.25) is 28.6 Å². The van der Waals surface area contributed by atoms with E-state index in [4.69, 9.17) is 13.9 Å². The fourth-order valence-electron chi connectivity index (χ4n) is 6.66. The maximum Gasteiger partial charge on any atom is 0.330 e. The minimum Gasteiger partial charge on any atom is -0.417 e. The SMILES string of the molecule is CC[C@H](C)[C@@H]1NC(=O)[C@H](Cc2cn(OC)c3ccccc23)NC(=O)[C@H](CCCCCP(=O)(OC)OC)NC(=O)[C@H]2CCCCN2CC1=O. The van der Waals surface area contributed by atoms with Gasteiger partial charge in [0.2, 0.25) is 17.7 Å². The van der Waals surface area contributed by atoms with Gasteiger partial charge in [0.25, 0.3) is 0 Å². The van der Waals surface area contributed by atoms with E-state index in [1.165, 1.54) is 14.2 Å². The van der Waals surface area contributed by atoms with Crippen LogP contribution in [0.3, 0.4) is 0 Å². The molecule has 1 aromatic carbocycles. The van der Waals surface area contributed by atoms with E-state index >= 15 is 0 Å². The van der Waals surface area contributed by atoms with Gasteiger partial charge < -0.3 is 29.8 Å². The summed E-state index contributed by atoms with van der Waals surface area (Å²) in [5.74, 6) is -1.56. The molecule has 266 valence electrons. The number of fused-ring (bicyclic) bond motifs is 2. The van der Waals surface area contributed by atoms with Gasteiger partial charge in [-0.05, 0) is 49.8 Å². The number of carbonyl (C=O) groups excluding carboxylic acids is 4. The summed E-state index contributed by atoms with van der Waals surface area (Å²) in [5.41, 5.74) is 1.59. The van der Waals surface area contributed by atoms with E-state index < -0.39 is 43.6 Å². The molecule has 3 heterocycles. The van der Waals surface area contributed by atoms with Gasteiger partial charge in [-0.2, -0.15) is 4.73 Å². The van der Waals surface area contributed by atoms with Crippen molar-refractivity contribution in [1.29, 1.82) is 0 Å². The van der Waals surface area contributed by atoms with E-state index in [9.17, 15) is 23.7 Å². The molecule has 48 heavy (non-hydrogen) atoms. The van der Waals surface area contributed by atoms with Crippen LogP contribution in [0.15, 0.2) is 30.5 Å². The fourth-order valence-corrected chi connectivity index (χ4v) is 7.79. The summed E-state index contributed by atoms with van der Waals surface area (Å²) in [6.07, 6.45) is 7.10. The van der Waals surface area contributed by atoms with Crippen molar-refractivity contribution in [2.24, 2.45) is 5.92 Å². The van der Waals surface area contributed by atoms with Crippen molar-refractivity contribution in [1.82, 2.24) is 25.6 Å². The van der Waals surface area contributed by atoms with Crippen LogP contribution in [0.1, 0.15) is 70.8 Å². The molecule has 2 aliphatic rings. The lowest BCUT2D eigenvalue weighted by Crippen LogP contribution is -2.57. The third kappa shape index (κ3) is 9.25. The molecular formula is C34H52N5O8P. The maximum absolute atomic E-state index is 14.1. The maximum atomic E-state index is 14.1. The lowest BCUT2D eigenvalue weighted by molar-refractivity contribution is -0.134. The molecule has 2 aromatic rings. The smallest absolute Gasteiger partial charge is 0.330 e. The number of hydrogen-bond acceptors (Lipinski definition) is 9.